The SMILES string of the molecule is CCc1nnc(NC(=O)CN2C(C)CCCC2C)s1. The van der Waals surface area contributed by atoms with Gasteiger partial charge in [-0.3, -0.25) is 15.0 Å². The van der Waals surface area contributed by atoms with Crippen LogP contribution in [0.1, 0.15) is 45.0 Å². The van der Waals surface area contributed by atoms with E-state index in [-0.39, 0.29) is 5.91 Å². The van der Waals surface area contributed by atoms with Crippen molar-refractivity contribution < 1.29 is 4.79 Å². The third-order valence-corrected chi connectivity index (χ3v) is 4.70. The number of nitrogens with zero attached hydrogens (tertiary/aromatic N) is 3. The van der Waals surface area contributed by atoms with E-state index < -0.39 is 0 Å². The van der Waals surface area contributed by atoms with Crippen LogP contribution >= 0.6 is 11.3 Å². The second-order valence-electron chi connectivity index (χ2n) is 5.20. The van der Waals surface area contributed by atoms with Crippen LogP contribution in [0.2, 0.25) is 0 Å². The predicted octanol–water partition coefficient (Wildman–Crippen LogP) is 2.30. The van der Waals surface area contributed by atoms with Gasteiger partial charge < -0.3 is 0 Å². The minimum atomic E-state index is 0.0133. The number of carbonyl (C=O) groups is 1. The van der Waals surface area contributed by atoms with E-state index in [0.717, 1.165) is 11.4 Å². The number of nitrogens with one attached hydrogen (secondary N) is 1. The van der Waals surface area contributed by atoms with Gasteiger partial charge in [0.1, 0.15) is 5.01 Å². The van der Waals surface area contributed by atoms with E-state index in [0.29, 0.717) is 23.8 Å². The summed E-state index contributed by atoms with van der Waals surface area (Å²) in [6.07, 6.45) is 4.47. The second kappa shape index (κ2) is 6.43. The topological polar surface area (TPSA) is 58.1 Å². The molecule has 0 bridgehead atoms. The summed E-state index contributed by atoms with van der Waals surface area (Å²) in [5, 5.41) is 12.4. The van der Waals surface area contributed by atoms with Crippen LogP contribution in [-0.4, -0.2) is 39.6 Å². The smallest absolute Gasteiger partial charge is 0.240 e. The summed E-state index contributed by atoms with van der Waals surface area (Å²) in [4.78, 5) is 14.3. The fourth-order valence-electron chi connectivity index (χ4n) is 2.56. The highest BCUT2D eigenvalue weighted by Gasteiger charge is 2.26. The largest absolute Gasteiger partial charge is 0.299 e. The third kappa shape index (κ3) is 3.73. The lowest BCUT2D eigenvalue weighted by atomic mass is 9.97. The Balaban J connectivity index is 1.89. The molecule has 19 heavy (non-hydrogen) atoms. The number of amides is 1. The van der Waals surface area contributed by atoms with E-state index >= 15 is 0 Å². The molecule has 106 valence electrons. The average molecular weight is 282 g/mol. The molecule has 0 aromatic carbocycles. The summed E-state index contributed by atoms with van der Waals surface area (Å²) in [7, 11) is 0. The Morgan fingerprint density at radius 2 is 2.05 bits per heavy atom. The quantitative estimate of drug-likeness (QED) is 0.920. The Hall–Kier alpha value is -1.01. The van der Waals surface area contributed by atoms with Gasteiger partial charge in [-0.15, -0.1) is 10.2 Å². The van der Waals surface area contributed by atoms with Crippen LogP contribution in [-0.2, 0) is 11.2 Å². The minimum absolute atomic E-state index is 0.0133. The van der Waals surface area contributed by atoms with Crippen molar-refractivity contribution in [2.45, 2.75) is 58.5 Å². The number of hydrogen-bond acceptors (Lipinski definition) is 5. The van der Waals surface area contributed by atoms with Gasteiger partial charge in [-0.1, -0.05) is 24.7 Å². The zero-order valence-electron chi connectivity index (χ0n) is 11.8. The van der Waals surface area contributed by atoms with Gasteiger partial charge in [0.05, 0.1) is 6.54 Å². The van der Waals surface area contributed by atoms with Crippen molar-refractivity contribution in [3.63, 3.8) is 0 Å². The number of carbonyl (C=O) groups excluding carboxylic acids is 1. The highest BCUT2D eigenvalue weighted by atomic mass is 32.1. The Labute approximate surface area is 118 Å². The first kappa shape index (κ1) is 14.4. The number of anilines is 1. The number of likely N-dealkylation sites (tertiary alicyclic amines) is 1. The predicted molar refractivity (Wildman–Crippen MR) is 77.4 cm³/mol. The number of piperidine rings is 1. The van der Waals surface area contributed by atoms with Crippen molar-refractivity contribution in [1.29, 1.82) is 0 Å². The van der Waals surface area contributed by atoms with E-state index in [1.165, 1.54) is 30.6 Å². The Bertz CT molecular complexity index is 424. The number of hydrogen-bond donors (Lipinski definition) is 1. The fraction of sp³-hybridized carbons (Fsp3) is 0.769. The first-order valence-electron chi connectivity index (χ1n) is 6.98. The summed E-state index contributed by atoms with van der Waals surface area (Å²) in [5.41, 5.74) is 0. The Kier molecular flexibility index (Phi) is 4.87. The second-order valence-corrected chi connectivity index (χ2v) is 6.27. The molecule has 1 saturated heterocycles. The summed E-state index contributed by atoms with van der Waals surface area (Å²) >= 11 is 1.45. The van der Waals surface area contributed by atoms with Gasteiger partial charge in [-0.25, -0.2) is 0 Å². The lowest BCUT2D eigenvalue weighted by Gasteiger charge is -2.38. The van der Waals surface area contributed by atoms with Gasteiger partial charge >= 0.3 is 0 Å². The van der Waals surface area contributed by atoms with Crippen LogP contribution < -0.4 is 5.32 Å². The molecule has 1 aromatic rings. The molecule has 5 nitrogen and oxygen atoms in total. The van der Waals surface area contributed by atoms with E-state index in [1.54, 1.807) is 0 Å². The molecule has 1 aliphatic rings. The zero-order chi connectivity index (χ0) is 13.8. The van der Waals surface area contributed by atoms with Gasteiger partial charge in [0.25, 0.3) is 0 Å². The molecular weight excluding hydrogens is 260 g/mol. The minimum Gasteiger partial charge on any atom is -0.299 e. The molecular formula is C13H22N4OS. The van der Waals surface area contributed by atoms with Gasteiger partial charge in [-0.2, -0.15) is 0 Å². The van der Waals surface area contributed by atoms with Gasteiger partial charge in [0, 0.05) is 12.1 Å². The third-order valence-electron chi connectivity index (χ3n) is 3.72. The van der Waals surface area contributed by atoms with Crippen LogP contribution in [0.15, 0.2) is 0 Å². The van der Waals surface area contributed by atoms with Crippen molar-refractivity contribution in [2.75, 3.05) is 11.9 Å². The molecule has 2 atom stereocenters. The molecule has 1 fully saturated rings. The maximum Gasteiger partial charge on any atom is 0.240 e. The molecule has 6 heteroatoms. The van der Waals surface area contributed by atoms with Crippen LogP contribution in [0, 0.1) is 0 Å². The molecule has 1 aliphatic heterocycles. The molecule has 2 rings (SSSR count). The van der Waals surface area contributed by atoms with Crippen LogP contribution in [0.5, 0.6) is 0 Å². The molecule has 1 amide bonds. The van der Waals surface area contributed by atoms with E-state index in [4.69, 9.17) is 0 Å². The van der Waals surface area contributed by atoms with Crippen LogP contribution in [0.3, 0.4) is 0 Å². The Morgan fingerprint density at radius 3 is 2.63 bits per heavy atom. The van der Waals surface area contributed by atoms with Crippen LogP contribution in [0.25, 0.3) is 0 Å². The lowest BCUT2D eigenvalue weighted by Crippen LogP contribution is -2.47. The molecule has 0 spiro atoms. The number of rotatable bonds is 4. The molecule has 0 radical (unpaired) electrons. The lowest BCUT2D eigenvalue weighted by molar-refractivity contribution is -0.118. The van der Waals surface area contributed by atoms with Crippen molar-refractivity contribution in [1.82, 2.24) is 15.1 Å². The highest BCUT2D eigenvalue weighted by molar-refractivity contribution is 7.15. The van der Waals surface area contributed by atoms with Crippen molar-refractivity contribution in [3.05, 3.63) is 5.01 Å². The van der Waals surface area contributed by atoms with Crippen LogP contribution in [0.4, 0.5) is 5.13 Å². The summed E-state index contributed by atoms with van der Waals surface area (Å²) in [6, 6.07) is 0.963. The first-order chi connectivity index (χ1) is 9.10. The standard InChI is InChI=1S/C13H22N4OS/c1-4-12-15-16-13(19-12)14-11(18)8-17-9(2)6-5-7-10(17)3/h9-10H,4-8H2,1-3H3,(H,14,16,18). The van der Waals surface area contributed by atoms with Crippen molar-refractivity contribution in [3.8, 4) is 0 Å². The van der Waals surface area contributed by atoms with Gasteiger partial charge in [0.15, 0.2) is 0 Å². The van der Waals surface area contributed by atoms with E-state index in [2.05, 4.69) is 34.3 Å². The first-order valence-corrected chi connectivity index (χ1v) is 7.79. The molecule has 2 unspecified atom stereocenters. The molecule has 0 saturated carbocycles. The summed E-state index contributed by atoms with van der Waals surface area (Å²) in [5.74, 6) is 0.0133. The molecule has 1 N–H and O–H groups in total. The summed E-state index contributed by atoms with van der Waals surface area (Å²) in [6.45, 7) is 6.87. The van der Waals surface area contributed by atoms with Crippen molar-refractivity contribution >= 4 is 22.4 Å². The van der Waals surface area contributed by atoms with E-state index in [1.807, 2.05) is 6.92 Å². The average Bonchev–Trinajstić information content (AvgIpc) is 2.81. The normalized spacial score (nSPS) is 24.4. The maximum atomic E-state index is 12.1. The monoisotopic (exact) mass is 282 g/mol. The fourth-order valence-corrected chi connectivity index (χ4v) is 3.25. The highest BCUT2D eigenvalue weighted by Crippen LogP contribution is 2.22. The zero-order valence-corrected chi connectivity index (χ0v) is 12.7. The number of aryl methyl sites for hydroxylation is 1. The maximum absolute atomic E-state index is 12.1. The van der Waals surface area contributed by atoms with Gasteiger partial charge in [0.2, 0.25) is 11.0 Å². The molecule has 0 aliphatic carbocycles. The summed E-state index contributed by atoms with van der Waals surface area (Å²) < 4.78 is 0. The molecule has 1 aromatic heterocycles. The van der Waals surface area contributed by atoms with Crippen molar-refractivity contribution in [2.24, 2.45) is 0 Å². The molecule has 2 heterocycles. The van der Waals surface area contributed by atoms with Gasteiger partial charge in [-0.05, 0) is 33.1 Å². The van der Waals surface area contributed by atoms with E-state index in [9.17, 15) is 4.79 Å². The number of aromatic nitrogens is 2. The Morgan fingerprint density at radius 1 is 1.37 bits per heavy atom.